The third-order valence-corrected chi connectivity index (χ3v) is 7.77. The Labute approximate surface area is 182 Å². The van der Waals surface area contributed by atoms with Gasteiger partial charge in [0.2, 0.25) is 0 Å². The minimum Gasteiger partial charge on any atom is -0.284 e. The molecule has 1 aromatic carbocycles. The van der Waals surface area contributed by atoms with Crippen LogP contribution in [0.5, 0.6) is 0 Å². The highest BCUT2D eigenvalue weighted by molar-refractivity contribution is 7.20. The molecule has 1 amide bonds. The number of carbonyl (C=O) groups is 1. The predicted octanol–water partition coefficient (Wildman–Crippen LogP) is 5.26. The van der Waals surface area contributed by atoms with Crippen molar-refractivity contribution in [2.24, 2.45) is 0 Å². The van der Waals surface area contributed by atoms with Gasteiger partial charge in [0.1, 0.15) is 4.83 Å². The molecule has 1 atom stereocenters. The van der Waals surface area contributed by atoms with Crippen molar-refractivity contribution in [2.45, 2.75) is 70.4 Å². The van der Waals surface area contributed by atoms with Gasteiger partial charge in [-0.3, -0.25) is 14.9 Å². The summed E-state index contributed by atoms with van der Waals surface area (Å²) in [5.74, 6) is 0.0192. The van der Waals surface area contributed by atoms with E-state index < -0.39 is 0 Å². The summed E-state index contributed by atoms with van der Waals surface area (Å²) in [6.07, 6.45) is 9.51. The number of carbonyl (C=O) groups excluding carboxylic acids is 1. The van der Waals surface area contributed by atoms with Gasteiger partial charge in [-0.15, -0.1) is 11.3 Å². The maximum absolute atomic E-state index is 13.1. The highest BCUT2D eigenvalue weighted by Crippen LogP contribution is 2.35. The molecule has 0 spiro atoms. The summed E-state index contributed by atoms with van der Waals surface area (Å²) >= 11 is 1.60. The standard InChI is InChI=1S/C24H30N4OS/c1-17-21-16-22(30-24(21)28(25-17)19-11-6-3-7-12-19)23(29)26-27-14-8-13-20(27)15-18-9-4-2-5-10-18/h2,4-5,9-10,16,19-20H,3,6-8,11-15H2,1H3,(H,26,29)/t20-/m0/s1. The van der Waals surface area contributed by atoms with Gasteiger partial charge in [-0.05, 0) is 50.7 Å². The molecule has 6 heteroatoms. The number of hydrogen-bond donors (Lipinski definition) is 1. The Balaban J connectivity index is 1.32. The predicted molar refractivity (Wildman–Crippen MR) is 122 cm³/mol. The fourth-order valence-corrected chi connectivity index (χ4v) is 6.15. The Kier molecular flexibility index (Phi) is 5.61. The summed E-state index contributed by atoms with van der Waals surface area (Å²) in [5, 5.41) is 8.11. The molecule has 30 heavy (non-hydrogen) atoms. The Morgan fingerprint density at radius 2 is 1.93 bits per heavy atom. The topological polar surface area (TPSA) is 50.2 Å². The minimum absolute atomic E-state index is 0.0192. The van der Waals surface area contributed by atoms with Crippen molar-refractivity contribution in [3.05, 3.63) is 52.5 Å². The van der Waals surface area contributed by atoms with Crippen molar-refractivity contribution in [1.82, 2.24) is 20.2 Å². The van der Waals surface area contributed by atoms with E-state index in [0.29, 0.717) is 12.1 Å². The van der Waals surface area contributed by atoms with Crippen molar-refractivity contribution >= 4 is 27.5 Å². The van der Waals surface area contributed by atoms with Crippen LogP contribution in [0.25, 0.3) is 10.2 Å². The van der Waals surface area contributed by atoms with E-state index in [1.54, 1.807) is 11.3 Å². The molecule has 1 saturated heterocycles. The molecule has 158 valence electrons. The lowest BCUT2D eigenvalue weighted by atomic mass is 9.96. The molecular formula is C24H30N4OS. The average Bonchev–Trinajstić information content (AvgIpc) is 3.47. The lowest BCUT2D eigenvalue weighted by molar-refractivity contribution is 0.0768. The molecule has 2 aliphatic rings. The summed E-state index contributed by atoms with van der Waals surface area (Å²) in [4.78, 5) is 15.0. The third-order valence-electron chi connectivity index (χ3n) is 6.65. The van der Waals surface area contributed by atoms with E-state index in [1.807, 2.05) is 6.07 Å². The smallest absolute Gasteiger partial charge is 0.275 e. The second kappa shape index (κ2) is 8.52. The number of hydrazine groups is 1. The molecule has 1 N–H and O–H groups in total. The van der Waals surface area contributed by atoms with E-state index in [0.717, 1.165) is 46.6 Å². The van der Waals surface area contributed by atoms with Gasteiger partial charge in [0.15, 0.2) is 0 Å². The van der Waals surface area contributed by atoms with E-state index in [-0.39, 0.29) is 5.91 Å². The number of rotatable bonds is 5. The van der Waals surface area contributed by atoms with Gasteiger partial charge in [-0.25, -0.2) is 5.01 Å². The first-order valence-corrected chi connectivity index (χ1v) is 12.1. The Bertz CT molecular complexity index is 1020. The van der Waals surface area contributed by atoms with Gasteiger partial charge in [-0.1, -0.05) is 49.6 Å². The van der Waals surface area contributed by atoms with Gasteiger partial charge in [0.05, 0.1) is 16.6 Å². The summed E-state index contributed by atoms with van der Waals surface area (Å²) in [7, 11) is 0. The summed E-state index contributed by atoms with van der Waals surface area (Å²) in [6, 6.07) is 13.5. The number of amides is 1. The van der Waals surface area contributed by atoms with Gasteiger partial charge in [0.25, 0.3) is 5.91 Å². The number of nitrogens with zero attached hydrogens (tertiary/aromatic N) is 3. The van der Waals surface area contributed by atoms with E-state index in [9.17, 15) is 4.79 Å². The van der Waals surface area contributed by atoms with E-state index in [2.05, 4.69) is 52.4 Å². The van der Waals surface area contributed by atoms with Crippen molar-refractivity contribution in [2.75, 3.05) is 6.54 Å². The molecule has 5 rings (SSSR count). The van der Waals surface area contributed by atoms with Crippen LogP contribution in [0.15, 0.2) is 36.4 Å². The maximum Gasteiger partial charge on any atom is 0.275 e. The molecule has 1 aliphatic carbocycles. The van der Waals surface area contributed by atoms with Crippen LogP contribution in [0.2, 0.25) is 0 Å². The first-order chi connectivity index (χ1) is 14.7. The zero-order valence-electron chi connectivity index (χ0n) is 17.6. The summed E-state index contributed by atoms with van der Waals surface area (Å²) in [5.41, 5.74) is 5.57. The molecular weight excluding hydrogens is 392 g/mol. The fourth-order valence-electron chi connectivity index (χ4n) is 5.02. The number of aromatic nitrogens is 2. The van der Waals surface area contributed by atoms with E-state index in [4.69, 9.17) is 5.10 Å². The molecule has 3 heterocycles. The second-order valence-corrected chi connectivity index (χ2v) is 9.80. The first-order valence-electron chi connectivity index (χ1n) is 11.3. The Morgan fingerprint density at radius 1 is 1.13 bits per heavy atom. The molecule has 0 radical (unpaired) electrons. The lowest BCUT2D eigenvalue weighted by Gasteiger charge is -2.25. The molecule has 2 aromatic heterocycles. The number of fused-ring (bicyclic) bond motifs is 1. The minimum atomic E-state index is 0.0192. The quantitative estimate of drug-likeness (QED) is 0.610. The number of benzene rings is 1. The molecule has 0 bridgehead atoms. The lowest BCUT2D eigenvalue weighted by Crippen LogP contribution is -2.45. The molecule has 1 saturated carbocycles. The molecule has 0 unspecified atom stereocenters. The maximum atomic E-state index is 13.1. The van der Waals surface area contributed by atoms with Crippen LogP contribution in [0.3, 0.4) is 0 Å². The van der Waals surface area contributed by atoms with Crippen LogP contribution in [0.4, 0.5) is 0 Å². The second-order valence-electron chi connectivity index (χ2n) is 8.77. The fraction of sp³-hybridized carbons (Fsp3) is 0.500. The number of thiophene rings is 1. The van der Waals surface area contributed by atoms with Crippen LogP contribution in [-0.2, 0) is 6.42 Å². The van der Waals surface area contributed by atoms with Gasteiger partial charge in [-0.2, -0.15) is 5.10 Å². The largest absolute Gasteiger partial charge is 0.284 e. The van der Waals surface area contributed by atoms with Crippen LogP contribution in [0, 0.1) is 6.92 Å². The monoisotopic (exact) mass is 422 g/mol. The van der Waals surface area contributed by atoms with Crippen molar-refractivity contribution in [3.63, 3.8) is 0 Å². The van der Waals surface area contributed by atoms with Crippen molar-refractivity contribution in [3.8, 4) is 0 Å². The summed E-state index contributed by atoms with van der Waals surface area (Å²) < 4.78 is 2.21. The number of hydrogen-bond acceptors (Lipinski definition) is 4. The SMILES string of the molecule is Cc1nn(C2CCCCC2)c2sc(C(=O)NN3CCC[C@H]3Cc3ccccc3)cc12. The molecule has 2 fully saturated rings. The average molecular weight is 423 g/mol. The van der Waals surface area contributed by atoms with Crippen LogP contribution in [-0.4, -0.2) is 33.3 Å². The highest BCUT2D eigenvalue weighted by Gasteiger charge is 2.28. The van der Waals surface area contributed by atoms with Crippen molar-refractivity contribution < 1.29 is 4.79 Å². The van der Waals surface area contributed by atoms with E-state index in [1.165, 1.54) is 37.7 Å². The first kappa shape index (κ1) is 19.8. The normalized spacial score (nSPS) is 20.8. The van der Waals surface area contributed by atoms with Crippen LogP contribution in [0.1, 0.15) is 71.9 Å². The van der Waals surface area contributed by atoms with Crippen molar-refractivity contribution in [1.29, 1.82) is 0 Å². The molecule has 5 nitrogen and oxygen atoms in total. The Morgan fingerprint density at radius 3 is 2.73 bits per heavy atom. The molecule has 1 aliphatic heterocycles. The summed E-state index contributed by atoms with van der Waals surface area (Å²) in [6.45, 7) is 2.98. The van der Waals surface area contributed by atoms with Crippen LogP contribution >= 0.6 is 11.3 Å². The third kappa shape index (κ3) is 3.91. The number of aryl methyl sites for hydroxylation is 1. The Hall–Kier alpha value is -2.18. The van der Waals surface area contributed by atoms with E-state index >= 15 is 0 Å². The zero-order chi connectivity index (χ0) is 20.5. The van der Waals surface area contributed by atoms with Gasteiger partial charge >= 0.3 is 0 Å². The highest BCUT2D eigenvalue weighted by atomic mass is 32.1. The number of nitrogens with one attached hydrogen (secondary N) is 1. The van der Waals surface area contributed by atoms with Gasteiger partial charge in [0, 0.05) is 18.0 Å². The molecule has 3 aromatic rings. The van der Waals surface area contributed by atoms with Crippen LogP contribution < -0.4 is 5.43 Å². The van der Waals surface area contributed by atoms with Gasteiger partial charge < -0.3 is 0 Å². The zero-order valence-corrected chi connectivity index (χ0v) is 18.5.